The second-order valence-electron chi connectivity index (χ2n) is 9.39. The summed E-state index contributed by atoms with van der Waals surface area (Å²) < 4.78 is 50.5. The van der Waals surface area contributed by atoms with Crippen molar-refractivity contribution in [2.45, 2.75) is 61.1 Å². The zero-order chi connectivity index (χ0) is 24.6. The van der Waals surface area contributed by atoms with Crippen LogP contribution in [0.2, 0.25) is 5.02 Å². The number of nitrogens with zero attached hydrogens (tertiary/aromatic N) is 3. The van der Waals surface area contributed by atoms with Crippen LogP contribution in [0.25, 0.3) is 11.0 Å². The molecular weight excluding hydrogens is 509 g/mol. The highest BCUT2D eigenvalue weighted by molar-refractivity contribution is 7.98. The maximum atomic E-state index is 14.4. The van der Waals surface area contributed by atoms with Crippen molar-refractivity contribution in [2.24, 2.45) is 5.92 Å². The largest absolute Gasteiger partial charge is 0.376 e. The fraction of sp³-hybridized carbons (Fsp3) is 0.480. The second-order valence-corrected chi connectivity index (χ2v) is 12.7. The van der Waals surface area contributed by atoms with Crippen LogP contribution >= 0.6 is 23.4 Å². The van der Waals surface area contributed by atoms with Gasteiger partial charge in [0.25, 0.3) is 0 Å². The Morgan fingerprint density at radius 3 is 2.83 bits per heavy atom. The van der Waals surface area contributed by atoms with Crippen LogP contribution < -0.4 is 0 Å². The number of thioether (sulfide) groups is 1. The molecule has 188 valence electrons. The van der Waals surface area contributed by atoms with Crippen molar-refractivity contribution < 1.29 is 17.5 Å². The first kappa shape index (κ1) is 25.0. The maximum absolute atomic E-state index is 14.4. The summed E-state index contributed by atoms with van der Waals surface area (Å²) in [4.78, 5) is 5.04. The molecule has 0 amide bonds. The van der Waals surface area contributed by atoms with Gasteiger partial charge in [0.2, 0.25) is 10.0 Å². The number of halogens is 2. The molecule has 6 nitrogen and oxygen atoms in total. The summed E-state index contributed by atoms with van der Waals surface area (Å²) in [5.41, 5.74) is 1.88. The molecule has 2 aromatic carbocycles. The van der Waals surface area contributed by atoms with Crippen LogP contribution in [-0.4, -0.2) is 48.1 Å². The summed E-state index contributed by atoms with van der Waals surface area (Å²) in [6.07, 6.45) is 3.97. The van der Waals surface area contributed by atoms with Gasteiger partial charge < -0.3 is 9.30 Å². The highest BCUT2D eigenvalue weighted by Gasteiger charge is 2.29. The van der Waals surface area contributed by atoms with Gasteiger partial charge in [-0.05, 0) is 61.9 Å². The monoisotopic (exact) mass is 537 g/mol. The average Bonchev–Trinajstić information content (AvgIpc) is 3.47. The molecule has 10 heteroatoms. The number of imidazole rings is 1. The summed E-state index contributed by atoms with van der Waals surface area (Å²) in [5.74, 6) is 0.314. The van der Waals surface area contributed by atoms with E-state index in [-0.39, 0.29) is 16.8 Å². The van der Waals surface area contributed by atoms with Crippen LogP contribution in [0, 0.1) is 11.7 Å². The van der Waals surface area contributed by atoms with Gasteiger partial charge in [-0.2, -0.15) is 4.31 Å². The maximum Gasteiger partial charge on any atom is 0.243 e. The lowest BCUT2D eigenvalue weighted by molar-refractivity contribution is 0.0960. The van der Waals surface area contributed by atoms with E-state index < -0.39 is 10.0 Å². The smallest absolute Gasteiger partial charge is 0.243 e. The van der Waals surface area contributed by atoms with Crippen LogP contribution in [0.1, 0.15) is 38.2 Å². The Hall–Kier alpha value is -1.65. The third-order valence-electron chi connectivity index (χ3n) is 6.76. The van der Waals surface area contributed by atoms with Crippen molar-refractivity contribution in [1.82, 2.24) is 13.9 Å². The lowest BCUT2D eigenvalue weighted by atomic mass is 10.0. The number of benzene rings is 2. The molecule has 2 fully saturated rings. The first-order valence-electron chi connectivity index (χ1n) is 12.0. The number of hydrogen-bond donors (Lipinski definition) is 0. The van der Waals surface area contributed by atoms with Gasteiger partial charge in [0.05, 0.1) is 28.6 Å². The van der Waals surface area contributed by atoms with Crippen LogP contribution in [0.5, 0.6) is 0 Å². The first-order valence-corrected chi connectivity index (χ1v) is 14.8. The fourth-order valence-corrected chi connectivity index (χ4v) is 7.83. The molecule has 0 radical (unpaired) electrons. The Morgan fingerprint density at radius 2 is 2.09 bits per heavy atom. The second kappa shape index (κ2) is 10.4. The Labute approximate surface area is 214 Å². The van der Waals surface area contributed by atoms with E-state index in [0.717, 1.165) is 37.8 Å². The number of hydrogen-bond acceptors (Lipinski definition) is 5. The highest BCUT2D eigenvalue weighted by atomic mass is 35.5. The van der Waals surface area contributed by atoms with E-state index >= 15 is 0 Å². The molecule has 2 atom stereocenters. The zero-order valence-corrected chi connectivity index (χ0v) is 22.0. The standard InChI is InChI=1S/C25H29ClFN3O3S2/c1-17-5-3-11-29(14-17)35(31,32)19-9-10-24-23(13-19)28-25(30(24)15-18-6-4-12-33-18)34-16-20-21(26)7-2-8-22(20)27/h2,7-10,13,17-18H,3-6,11-12,14-16H2,1H3/t17-,18+/m1/s1. The van der Waals surface area contributed by atoms with Gasteiger partial charge in [-0.25, -0.2) is 17.8 Å². The molecule has 0 aliphatic carbocycles. The normalized spacial score (nSPS) is 21.7. The minimum Gasteiger partial charge on any atom is -0.376 e. The number of ether oxygens (including phenoxy) is 1. The SMILES string of the molecule is C[C@@H]1CCCN(S(=O)(=O)c2ccc3c(c2)nc(SCc2c(F)cccc2Cl)n3C[C@@H]2CCCO2)C1. The number of sulfonamides is 1. The van der Waals surface area contributed by atoms with Gasteiger partial charge in [0, 0.05) is 36.0 Å². The molecule has 0 spiro atoms. The van der Waals surface area contributed by atoms with E-state index in [1.807, 2.05) is 6.07 Å². The predicted molar refractivity (Wildman–Crippen MR) is 137 cm³/mol. The molecule has 2 aliphatic heterocycles. The Kier molecular flexibility index (Phi) is 7.42. The molecule has 3 heterocycles. The van der Waals surface area contributed by atoms with Gasteiger partial charge in [0.1, 0.15) is 5.82 Å². The minimum atomic E-state index is -3.59. The Bertz CT molecular complexity index is 1300. The summed E-state index contributed by atoms with van der Waals surface area (Å²) in [6.45, 7) is 4.52. The molecule has 0 saturated carbocycles. The molecule has 0 unspecified atom stereocenters. The fourth-order valence-electron chi connectivity index (χ4n) is 4.85. The van der Waals surface area contributed by atoms with Gasteiger partial charge in [-0.15, -0.1) is 0 Å². The van der Waals surface area contributed by atoms with Crippen LogP contribution in [-0.2, 0) is 27.1 Å². The van der Waals surface area contributed by atoms with Crippen molar-refractivity contribution in [3.05, 3.63) is 52.8 Å². The van der Waals surface area contributed by atoms with Gasteiger partial charge in [-0.3, -0.25) is 0 Å². The van der Waals surface area contributed by atoms with E-state index in [4.69, 9.17) is 21.3 Å². The number of fused-ring (bicyclic) bond motifs is 1. The molecular formula is C25H29ClFN3O3S2. The summed E-state index contributed by atoms with van der Waals surface area (Å²) in [7, 11) is -3.59. The topological polar surface area (TPSA) is 64.4 Å². The number of rotatable bonds is 7. The van der Waals surface area contributed by atoms with Crippen molar-refractivity contribution in [2.75, 3.05) is 19.7 Å². The summed E-state index contributed by atoms with van der Waals surface area (Å²) in [5, 5.41) is 1.07. The Morgan fingerprint density at radius 1 is 1.23 bits per heavy atom. The van der Waals surface area contributed by atoms with E-state index in [0.29, 0.717) is 52.6 Å². The zero-order valence-electron chi connectivity index (χ0n) is 19.6. The Balaban J connectivity index is 1.49. The molecule has 2 saturated heterocycles. The van der Waals surface area contributed by atoms with Gasteiger partial charge >= 0.3 is 0 Å². The molecule has 2 aliphatic rings. The van der Waals surface area contributed by atoms with E-state index in [2.05, 4.69) is 11.5 Å². The van der Waals surface area contributed by atoms with Crippen LogP contribution in [0.15, 0.2) is 46.5 Å². The average molecular weight is 538 g/mol. The predicted octanol–water partition coefficient (Wildman–Crippen LogP) is 5.72. The lowest BCUT2D eigenvalue weighted by Gasteiger charge is -2.30. The van der Waals surface area contributed by atoms with Crippen LogP contribution in [0.3, 0.4) is 0 Å². The minimum absolute atomic E-state index is 0.0713. The molecule has 3 aromatic rings. The molecule has 1 aromatic heterocycles. The molecule has 5 rings (SSSR count). The highest BCUT2D eigenvalue weighted by Crippen LogP contribution is 2.33. The third kappa shape index (κ3) is 5.25. The number of piperidine rings is 1. The molecule has 0 N–H and O–H groups in total. The van der Waals surface area contributed by atoms with Crippen molar-refractivity contribution in [3.8, 4) is 0 Å². The quantitative estimate of drug-likeness (QED) is 0.361. The lowest BCUT2D eigenvalue weighted by Crippen LogP contribution is -2.39. The van der Waals surface area contributed by atoms with Crippen molar-refractivity contribution in [3.63, 3.8) is 0 Å². The molecule has 35 heavy (non-hydrogen) atoms. The first-order chi connectivity index (χ1) is 16.8. The van der Waals surface area contributed by atoms with Crippen molar-refractivity contribution >= 4 is 44.4 Å². The van der Waals surface area contributed by atoms with Gasteiger partial charge in [-0.1, -0.05) is 36.4 Å². The molecule has 0 bridgehead atoms. The summed E-state index contributed by atoms with van der Waals surface area (Å²) >= 11 is 7.63. The van der Waals surface area contributed by atoms with Crippen molar-refractivity contribution in [1.29, 1.82) is 0 Å². The van der Waals surface area contributed by atoms with E-state index in [1.54, 1.807) is 28.6 Å². The third-order valence-corrected chi connectivity index (χ3v) is 9.98. The van der Waals surface area contributed by atoms with Crippen LogP contribution in [0.4, 0.5) is 4.39 Å². The number of aromatic nitrogens is 2. The summed E-state index contributed by atoms with van der Waals surface area (Å²) in [6, 6.07) is 9.83. The van der Waals surface area contributed by atoms with Gasteiger partial charge in [0.15, 0.2) is 5.16 Å². The van der Waals surface area contributed by atoms with E-state index in [1.165, 1.54) is 17.8 Å². The van der Waals surface area contributed by atoms with E-state index in [9.17, 15) is 12.8 Å².